The number of anilines is 2. The molecule has 4 N–H and O–H groups in total. The minimum absolute atomic E-state index is 0.0165. The van der Waals surface area contributed by atoms with Gasteiger partial charge in [-0.2, -0.15) is 0 Å². The predicted molar refractivity (Wildman–Crippen MR) is 287 cm³/mol. The van der Waals surface area contributed by atoms with E-state index in [0.717, 1.165) is 32.0 Å². The zero-order chi connectivity index (χ0) is 53.0. The Hall–Kier alpha value is -6.98. The van der Waals surface area contributed by atoms with Crippen LogP contribution in [-0.4, -0.2) is 92.0 Å². The van der Waals surface area contributed by atoms with Crippen LogP contribution in [0.5, 0.6) is 0 Å². The standard InChI is InChI=1S/2C29H31N3O4S/c1-17(18-10-6-5-7-11-18)31-16-23-22(24(25(30)37-23)28(35)36-29(2,3)4)14-19(31)15-32-26(33)20-12-8-9-13-21(20)27(32)34;1-17(18-10-6-5-7-11-18)31-15-14-21-23(28(35)36-29(2,3)4)25(30)37-24(21)22(31)16-32-26(33)19-12-8-9-13-20(19)27(32)34/h5-13,17,19H,14-16,30H2,1-4H3;5-13,17,22H,14-16,30H2,1-4H3/t17-,19+;17-,22-/m00/s1. The van der Waals surface area contributed by atoms with Gasteiger partial charge in [-0.1, -0.05) is 84.9 Å². The van der Waals surface area contributed by atoms with Crippen LogP contribution in [-0.2, 0) is 28.9 Å². The van der Waals surface area contributed by atoms with E-state index >= 15 is 0 Å². The number of nitrogens with two attached hydrogens (primary N) is 2. The number of amides is 4. The number of ether oxygens (including phenoxy) is 2. The fourth-order valence-electron chi connectivity index (χ4n) is 10.5. The molecule has 4 atom stereocenters. The Morgan fingerprint density at radius 3 is 1.45 bits per heavy atom. The summed E-state index contributed by atoms with van der Waals surface area (Å²) in [6.07, 6.45) is 1.09. The van der Waals surface area contributed by atoms with Gasteiger partial charge in [-0.3, -0.25) is 38.8 Å². The van der Waals surface area contributed by atoms with Crippen LogP contribution in [0.15, 0.2) is 109 Å². The van der Waals surface area contributed by atoms with Gasteiger partial charge in [-0.15, -0.1) is 22.7 Å². The molecule has 0 fully saturated rings. The van der Waals surface area contributed by atoms with Gasteiger partial charge in [0, 0.05) is 54.1 Å². The quantitative estimate of drug-likeness (QED) is 0.0979. The van der Waals surface area contributed by atoms with Crippen molar-refractivity contribution in [2.24, 2.45) is 0 Å². The largest absolute Gasteiger partial charge is 0.456 e. The molecule has 4 aromatic carbocycles. The Labute approximate surface area is 439 Å². The molecule has 0 aliphatic carbocycles. The summed E-state index contributed by atoms with van der Waals surface area (Å²) in [6.45, 7) is 16.8. The zero-order valence-electron chi connectivity index (χ0n) is 43.0. The lowest BCUT2D eigenvalue weighted by atomic mass is 9.93. The predicted octanol–water partition coefficient (Wildman–Crippen LogP) is 10.3. The minimum Gasteiger partial charge on any atom is -0.456 e. The molecule has 0 unspecified atom stereocenters. The number of carbonyl (C=O) groups is 6. The van der Waals surface area contributed by atoms with Crippen molar-refractivity contribution in [2.75, 3.05) is 31.1 Å². The molecule has 0 bridgehead atoms. The number of benzene rings is 4. The van der Waals surface area contributed by atoms with Crippen molar-refractivity contribution in [1.82, 2.24) is 19.6 Å². The Morgan fingerprint density at radius 1 is 0.581 bits per heavy atom. The first-order valence-corrected chi connectivity index (χ1v) is 26.5. The van der Waals surface area contributed by atoms with Crippen molar-refractivity contribution in [1.29, 1.82) is 0 Å². The maximum Gasteiger partial charge on any atom is 0.341 e. The molecule has 0 spiro atoms. The fourth-order valence-corrected chi connectivity index (χ4v) is 12.8. The molecule has 0 radical (unpaired) electrons. The van der Waals surface area contributed by atoms with Gasteiger partial charge in [0.25, 0.3) is 23.6 Å². The van der Waals surface area contributed by atoms with Gasteiger partial charge < -0.3 is 20.9 Å². The van der Waals surface area contributed by atoms with Crippen LogP contribution in [0.4, 0.5) is 10.0 Å². The second-order valence-electron chi connectivity index (χ2n) is 21.2. The number of fused-ring (bicyclic) bond motifs is 4. The van der Waals surface area contributed by atoms with Crippen molar-refractivity contribution >= 4 is 68.2 Å². The van der Waals surface area contributed by atoms with E-state index in [9.17, 15) is 28.8 Å². The molecular weight excluding hydrogens is 973 g/mol. The molecule has 4 aliphatic rings. The summed E-state index contributed by atoms with van der Waals surface area (Å²) in [4.78, 5) is 88.4. The van der Waals surface area contributed by atoms with Gasteiger partial charge in [-0.25, -0.2) is 9.59 Å². The summed E-state index contributed by atoms with van der Waals surface area (Å²) in [5, 5.41) is 0.841. The number of thiophene rings is 2. The zero-order valence-corrected chi connectivity index (χ0v) is 44.6. The number of imide groups is 2. The van der Waals surface area contributed by atoms with Crippen LogP contribution >= 0.6 is 22.7 Å². The number of carbonyl (C=O) groups excluding carboxylic acids is 6. The van der Waals surface area contributed by atoms with E-state index in [0.29, 0.717) is 69.3 Å². The second kappa shape index (κ2) is 20.4. The number of hydrogen-bond donors (Lipinski definition) is 2. The van der Waals surface area contributed by atoms with E-state index in [4.69, 9.17) is 20.9 Å². The van der Waals surface area contributed by atoms with E-state index < -0.39 is 23.1 Å². The topological polar surface area (TPSA) is 186 Å². The Morgan fingerprint density at radius 2 is 0.986 bits per heavy atom. The van der Waals surface area contributed by atoms with Gasteiger partial charge in [0.05, 0.1) is 39.4 Å². The lowest BCUT2D eigenvalue weighted by Gasteiger charge is -2.41. The third-order valence-electron chi connectivity index (χ3n) is 14.0. The van der Waals surface area contributed by atoms with E-state index in [1.54, 1.807) is 48.5 Å². The summed E-state index contributed by atoms with van der Waals surface area (Å²) in [5.41, 5.74) is 18.0. The third-order valence-corrected chi connectivity index (χ3v) is 16.2. The molecule has 6 aromatic rings. The lowest BCUT2D eigenvalue weighted by Crippen LogP contribution is -2.49. The third kappa shape index (κ3) is 10.2. The second-order valence-corrected chi connectivity index (χ2v) is 23.4. The highest BCUT2D eigenvalue weighted by Crippen LogP contribution is 2.46. The highest BCUT2D eigenvalue weighted by molar-refractivity contribution is 7.17. The summed E-state index contributed by atoms with van der Waals surface area (Å²) >= 11 is 2.76. The van der Waals surface area contributed by atoms with Crippen molar-refractivity contribution in [2.45, 2.75) is 110 Å². The maximum atomic E-state index is 13.3. The molecule has 0 saturated heterocycles. The summed E-state index contributed by atoms with van der Waals surface area (Å²) < 4.78 is 11.3. The first-order valence-electron chi connectivity index (χ1n) is 24.9. The number of hydrogen-bond acceptors (Lipinski definition) is 14. The normalized spacial score (nSPS) is 18.5. The van der Waals surface area contributed by atoms with E-state index in [1.165, 1.54) is 32.5 Å². The van der Waals surface area contributed by atoms with Crippen LogP contribution < -0.4 is 11.5 Å². The molecule has 0 saturated carbocycles. The van der Waals surface area contributed by atoms with Crippen LogP contribution in [0.25, 0.3) is 0 Å². The summed E-state index contributed by atoms with van der Waals surface area (Å²) in [5.74, 6) is -2.03. The Bertz CT molecular complexity index is 3060. The maximum absolute atomic E-state index is 13.3. The summed E-state index contributed by atoms with van der Waals surface area (Å²) in [7, 11) is 0. The van der Waals surface area contributed by atoms with E-state index in [-0.39, 0.29) is 60.9 Å². The van der Waals surface area contributed by atoms with Crippen LogP contribution in [0.1, 0.15) is 168 Å². The molecule has 4 aliphatic heterocycles. The molecule has 16 heteroatoms. The summed E-state index contributed by atoms with van der Waals surface area (Å²) in [6, 6.07) is 33.6. The van der Waals surface area contributed by atoms with Crippen molar-refractivity contribution < 1.29 is 38.2 Å². The number of nitrogen functional groups attached to an aromatic ring is 2. The number of nitrogens with zero attached hydrogens (tertiary/aromatic N) is 4. The molecule has 14 nitrogen and oxygen atoms in total. The van der Waals surface area contributed by atoms with Crippen LogP contribution in [0.2, 0.25) is 0 Å². The van der Waals surface area contributed by atoms with Gasteiger partial charge in [0.1, 0.15) is 21.2 Å². The molecule has 10 rings (SSSR count). The first-order chi connectivity index (χ1) is 35.1. The fraction of sp³-hybridized carbons (Fsp3) is 0.345. The first kappa shape index (κ1) is 51.9. The van der Waals surface area contributed by atoms with Gasteiger partial charge in [0.15, 0.2) is 0 Å². The molecular formula is C58H62N6O8S2. The molecule has 4 amide bonds. The monoisotopic (exact) mass is 1030 g/mol. The molecule has 384 valence electrons. The smallest absolute Gasteiger partial charge is 0.341 e. The highest BCUT2D eigenvalue weighted by atomic mass is 32.1. The Balaban J connectivity index is 0.000000182. The SMILES string of the molecule is C[C@@H](c1ccccc1)N1CCc2c(sc(N)c2C(=O)OC(C)(C)C)[C@@H]1CN1C(=O)c2ccccc2C1=O.C[C@@H](c1ccccc1)N1Cc2sc(N)c(C(=O)OC(C)(C)C)c2C[C@@H]1CN1C(=O)c2ccccc2C1=O. The van der Waals surface area contributed by atoms with Crippen molar-refractivity contribution in [3.05, 3.63) is 175 Å². The highest BCUT2D eigenvalue weighted by Gasteiger charge is 2.44. The van der Waals surface area contributed by atoms with Gasteiger partial charge >= 0.3 is 11.9 Å². The van der Waals surface area contributed by atoms with Crippen molar-refractivity contribution in [3.8, 4) is 0 Å². The lowest BCUT2D eigenvalue weighted by molar-refractivity contribution is 0.00556. The minimum atomic E-state index is -0.652. The average molecular weight is 1040 g/mol. The Kier molecular flexibility index (Phi) is 14.3. The number of rotatable bonds is 10. The molecule has 2 aromatic heterocycles. The van der Waals surface area contributed by atoms with Crippen LogP contribution in [0, 0.1) is 0 Å². The van der Waals surface area contributed by atoms with Crippen LogP contribution in [0.3, 0.4) is 0 Å². The van der Waals surface area contributed by atoms with E-state index in [2.05, 4.69) is 47.9 Å². The average Bonchev–Trinajstić information content (AvgIpc) is 4.03. The van der Waals surface area contributed by atoms with Gasteiger partial charge in [0.2, 0.25) is 0 Å². The molecule has 6 heterocycles. The number of esters is 2. The molecule has 74 heavy (non-hydrogen) atoms. The van der Waals surface area contributed by atoms with Crippen molar-refractivity contribution in [3.63, 3.8) is 0 Å². The van der Waals surface area contributed by atoms with Gasteiger partial charge in [-0.05, 0) is 115 Å². The van der Waals surface area contributed by atoms with E-state index in [1.807, 2.05) is 77.9 Å².